The molecule has 146 valence electrons. The van der Waals surface area contributed by atoms with Gasteiger partial charge in [-0.2, -0.15) is 0 Å². The first-order valence-corrected chi connectivity index (χ1v) is 9.39. The van der Waals surface area contributed by atoms with Crippen LogP contribution in [-0.2, 0) is 20.9 Å². The smallest absolute Gasteiger partial charge is 0.331 e. The molecule has 1 atom stereocenters. The van der Waals surface area contributed by atoms with Gasteiger partial charge in [-0.05, 0) is 50.1 Å². The summed E-state index contributed by atoms with van der Waals surface area (Å²) in [7, 11) is 1.27. The number of ether oxygens (including phenoxy) is 1. The zero-order valence-corrected chi connectivity index (χ0v) is 16.6. The lowest BCUT2D eigenvalue weighted by molar-refractivity contribution is -0.150. The molecule has 2 rings (SSSR count). The van der Waals surface area contributed by atoms with Crippen molar-refractivity contribution in [3.8, 4) is 11.3 Å². The number of carbonyl (C=O) groups excluding carboxylic acids is 2. The minimum Gasteiger partial charge on any atom is -0.467 e. The zero-order valence-electron chi connectivity index (χ0n) is 15.8. The average Bonchev–Trinajstić information content (AvgIpc) is 2.88. The van der Waals surface area contributed by atoms with E-state index in [4.69, 9.17) is 4.74 Å². The molecule has 1 aromatic heterocycles. The molecule has 0 aliphatic heterocycles. The molecule has 0 aliphatic rings. The largest absolute Gasteiger partial charge is 0.467 e. The molecule has 0 spiro atoms. The van der Waals surface area contributed by atoms with Gasteiger partial charge in [-0.3, -0.25) is 14.2 Å². The van der Waals surface area contributed by atoms with E-state index in [1.54, 1.807) is 26.0 Å². The Hall–Kier alpha value is -2.48. The van der Waals surface area contributed by atoms with Gasteiger partial charge in [0, 0.05) is 4.88 Å². The average molecular weight is 394 g/mol. The van der Waals surface area contributed by atoms with Crippen molar-refractivity contribution < 1.29 is 18.7 Å². The number of benzene rings is 1. The van der Waals surface area contributed by atoms with Gasteiger partial charge in [-0.15, -0.1) is 0 Å². The van der Waals surface area contributed by atoms with Gasteiger partial charge in [0.2, 0.25) is 5.91 Å². The van der Waals surface area contributed by atoms with Gasteiger partial charge in [0.25, 0.3) is 0 Å². The molecule has 6 nitrogen and oxygen atoms in total. The first-order chi connectivity index (χ1) is 12.7. The summed E-state index contributed by atoms with van der Waals surface area (Å²) in [5.74, 6) is -1.39. The number of aryl methyl sites for hydroxylation is 1. The summed E-state index contributed by atoms with van der Waals surface area (Å²) in [6.45, 7) is 5.02. The number of rotatable bonds is 7. The molecule has 1 N–H and O–H groups in total. The predicted molar refractivity (Wildman–Crippen MR) is 102 cm³/mol. The molecule has 1 unspecified atom stereocenters. The van der Waals surface area contributed by atoms with Crippen LogP contribution < -0.4 is 10.2 Å². The molecule has 2 aromatic rings. The van der Waals surface area contributed by atoms with Crippen molar-refractivity contribution >= 4 is 23.2 Å². The van der Waals surface area contributed by atoms with Gasteiger partial charge < -0.3 is 10.1 Å². The monoisotopic (exact) mass is 394 g/mol. The standard InChI is InChI=1S/C19H23FN2O4S/c1-5-10-19(3,17(24)26-4)21-15(23)11-22-16(12(2)27-18(22)25)13-6-8-14(20)9-7-13/h6-9H,5,10-11H2,1-4H3,(H,21,23). The van der Waals surface area contributed by atoms with Crippen molar-refractivity contribution in [1.82, 2.24) is 9.88 Å². The lowest BCUT2D eigenvalue weighted by Crippen LogP contribution is -2.53. The number of esters is 1. The van der Waals surface area contributed by atoms with Crippen LogP contribution in [0.15, 0.2) is 29.1 Å². The van der Waals surface area contributed by atoms with Crippen LogP contribution in [0.5, 0.6) is 0 Å². The maximum absolute atomic E-state index is 13.2. The van der Waals surface area contributed by atoms with E-state index in [2.05, 4.69) is 5.32 Å². The van der Waals surface area contributed by atoms with Crippen LogP contribution in [0, 0.1) is 12.7 Å². The van der Waals surface area contributed by atoms with E-state index in [-0.39, 0.29) is 17.2 Å². The van der Waals surface area contributed by atoms with E-state index < -0.39 is 17.4 Å². The first kappa shape index (κ1) is 20.8. The molecule has 1 heterocycles. The Morgan fingerprint density at radius 2 is 1.93 bits per heavy atom. The quantitative estimate of drug-likeness (QED) is 0.733. The van der Waals surface area contributed by atoms with E-state index in [1.165, 1.54) is 23.8 Å². The summed E-state index contributed by atoms with van der Waals surface area (Å²) < 4.78 is 19.3. The third-order valence-corrected chi connectivity index (χ3v) is 5.18. The lowest BCUT2D eigenvalue weighted by atomic mass is 9.96. The number of hydrogen-bond acceptors (Lipinski definition) is 5. The number of methoxy groups -OCH3 is 1. The van der Waals surface area contributed by atoms with Crippen molar-refractivity contribution in [3.63, 3.8) is 0 Å². The van der Waals surface area contributed by atoms with Gasteiger partial charge in [0.15, 0.2) is 0 Å². The Kier molecular flexibility index (Phi) is 6.54. The van der Waals surface area contributed by atoms with E-state index >= 15 is 0 Å². The summed E-state index contributed by atoms with van der Waals surface area (Å²) >= 11 is 1.02. The Bertz CT molecular complexity index is 888. The highest BCUT2D eigenvalue weighted by atomic mass is 32.1. The third kappa shape index (κ3) is 4.63. The number of hydrogen-bond donors (Lipinski definition) is 1. The van der Waals surface area contributed by atoms with Crippen LogP contribution in [0.25, 0.3) is 11.3 Å². The summed E-state index contributed by atoms with van der Waals surface area (Å²) in [6, 6.07) is 5.73. The molecular formula is C19H23FN2O4S. The lowest BCUT2D eigenvalue weighted by Gasteiger charge is -2.27. The van der Waals surface area contributed by atoms with E-state index in [1.807, 2.05) is 6.92 Å². The van der Waals surface area contributed by atoms with Crippen molar-refractivity contribution in [2.75, 3.05) is 7.11 Å². The molecule has 8 heteroatoms. The fourth-order valence-corrected chi connectivity index (χ4v) is 3.91. The maximum atomic E-state index is 13.2. The zero-order chi connectivity index (χ0) is 20.2. The fraction of sp³-hybridized carbons (Fsp3) is 0.421. The Morgan fingerprint density at radius 3 is 2.48 bits per heavy atom. The molecule has 27 heavy (non-hydrogen) atoms. The Morgan fingerprint density at radius 1 is 1.30 bits per heavy atom. The molecule has 0 radical (unpaired) electrons. The van der Waals surface area contributed by atoms with E-state index in [0.29, 0.717) is 24.1 Å². The molecule has 1 amide bonds. The second-order valence-corrected chi connectivity index (χ2v) is 7.65. The predicted octanol–water partition coefficient (Wildman–Crippen LogP) is 2.87. The second-order valence-electron chi connectivity index (χ2n) is 6.49. The SMILES string of the molecule is CCCC(C)(NC(=O)Cn1c(-c2ccc(F)cc2)c(C)sc1=O)C(=O)OC. The van der Waals surface area contributed by atoms with Crippen molar-refractivity contribution in [1.29, 1.82) is 0 Å². The van der Waals surface area contributed by atoms with Crippen molar-refractivity contribution in [2.24, 2.45) is 0 Å². The van der Waals surface area contributed by atoms with Crippen LogP contribution in [0.3, 0.4) is 0 Å². The molecule has 0 aliphatic carbocycles. The van der Waals surface area contributed by atoms with E-state index in [9.17, 15) is 18.8 Å². The highest BCUT2D eigenvalue weighted by Gasteiger charge is 2.35. The minimum absolute atomic E-state index is 0.244. The third-order valence-electron chi connectivity index (χ3n) is 4.28. The van der Waals surface area contributed by atoms with Crippen molar-refractivity contribution in [2.45, 2.75) is 45.7 Å². The first-order valence-electron chi connectivity index (χ1n) is 8.57. The molecule has 0 saturated carbocycles. The summed E-state index contributed by atoms with van der Waals surface area (Å²) in [4.78, 5) is 37.4. The number of thiazole rings is 1. The molecule has 0 bridgehead atoms. The highest BCUT2D eigenvalue weighted by molar-refractivity contribution is 7.09. The number of carbonyl (C=O) groups is 2. The van der Waals surface area contributed by atoms with Gasteiger partial charge >= 0.3 is 10.8 Å². The number of nitrogens with one attached hydrogen (secondary N) is 1. The number of halogens is 1. The Balaban J connectivity index is 2.32. The summed E-state index contributed by atoms with van der Waals surface area (Å²) in [5.41, 5.74) is 0.0467. The summed E-state index contributed by atoms with van der Waals surface area (Å²) in [5, 5.41) is 2.69. The topological polar surface area (TPSA) is 77.4 Å². The van der Waals surface area contributed by atoms with Crippen LogP contribution in [0.4, 0.5) is 4.39 Å². The fourth-order valence-electron chi connectivity index (χ4n) is 3.06. The van der Waals surface area contributed by atoms with Gasteiger partial charge in [0.05, 0.1) is 12.8 Å². The van der Waals surface area contributed by atoms with E-state index in [0.717, 1.165) is 16.2 Å². The van der Waals surface area contributed by atoms with Crippen LogP contribution >= 0.6 is 11.3 Å². The van der Waals surface area contributed by atoms with Gasteiger partial charge in [0.1, 0.15) is 17.9 Å². The van der Waals surface area contributed by atoms with Gasteiger partial charge in [-0.25, -0.2) is 9.18 Å². The van der Waals surface area contributed by atoms with Gasteiger partial charge in [-0.1, -0.05) is 24.7 Å². The number of nitrogens with zero attached hydrogens (tertiary/aromatic N) is 1. The normalized spacial score (nSPS) is 13.1. The minimum atomic E-state index is -1.16. The molecule has 1 aromatic carbocycles. The molecule has 0 fully saturated rings. The van der Waals surface area contributed by atoms with Crippen LogP contribution in [0.2, 0.25) is 0 Å². The number of aromatic nitrogens is 1. The Labute approximate surface area is 161 Å². The highest BCUT2D eigenvalue weighted by Crippen LogP contribution is 2.25. The van der Waals surface area contributed by atoms with Crippen LogP contribution in [0.1, 0.15) is 31.6 Å². The number of amides is 1. The maximum Gasteiger partial charge on any atom is 0.331 e. The second kappa shape index (κ2) is 8.47. The molecular weight excluding hydrogens is 371 g/mol. The van der Waals surface area contributed by atoms with Crippen LogP contribution in [-0.4, -0.2) is 29.1 Å². The summed E-state index contributed by atoms with van der Waals surface area (Å²) in [6.07, 6.45) is 1.08. The van der Waals surface area contributed by atoms with Crippen molar-refractivity contribution in [3.05, 3.63) is 44.6 Å². The molecule has 0 saturated heterocycles.